The van der Waals surface area contributed by atoms with Gasteiger partial charge in [0.2, 0.25) is 11.8 Å². The molecule has 7 heteroatoms. The maximum atomic E-state index is 12.3. The molecule has 0 aromatic heterocycles. The number of amides is 2. The average molecular weight is 465 g/mol. The first-order valence-corrected chi connectivity index (χ1v) is 11.9. The van der Waals surface area contributed by atoms with Gasteiger partial charge in [-0.2, -0.15) is 0 Å². The van der Waals surface area contributed by atoms with Crippen molar-refractivity contribution in [3.63, 3.8) is 0 Å². The van der Waals surface area contributed by atoms with Crippen LogP contribution < -0.4 is 15.4 Å². The molecule has 0 aliphatic carbocycles. The molecule has 1 saturated heterocycles. The van der Waals surface area contributed by atoms with Gasteiger partial charge in [-0.05, 0) is 49.2 Å². The van der Waals surface area contributed by atoms with E-state index in [1.165, 1.54) is 11.6 Å². The molecule has 1 aliphatic heterocycles. The number of benzene rings is 2. The van der Waals surface area contributed by atoms with E-state index >= 15 is 0 Å². The molecule has 2 aromatic carbocycles. The second kappa shape index (κ2) is 13.5. The van der Waals surface area contributed by atoms with E-state index in [1.54, 1.807) is 20.1 Å². The van der Waals surface area contributed by atoms with Crippen LogP contribution in [0.3, 0.4) is 0 Å². The van der Waals surface area contributed by atoms with Crippen LogP contribution in [-0.2, 0) is 16.1 Å². The standard InChI is InChI=1S/C27H36N4O3/c1-22(29-26(32)14-11-23-9-12-25(34-2)13-10-23)27(33)28-15-6-16-30-17-19-31(20-18-30)21-24-7-4-3-5-8-24/h3-5,7-14,22H,6,15-21H2,1-2H3,(H,28,33)(H,29,32)/b14-11+. The first kappa shape index (κ1) is 25.5. The predicted molar refractivity (Wildman–Crippen MR) is 135 cm³/mol. The fraction of sp³-hybridized carbons (Fsp3) is 0.407. The summed E-state index contributed by atoms with van der Waals surface area (Å²) in [6.07, 6.45) is 4.03. The van der Waals surface area contributed by atoms with Crippen LogP contribution in [0.4, 0.5) is 0 Å². The van der Waals surface area contributed by atoms with Gasteiger partial charge in [0.1, 0.15) is 11.8 Å². The van der Waals surface area contributed by atoms with Crippen molar-refractivity contribution in [2.45, 2.75) is 25.9 Å². The van der Waals surface area contributed by atoms with Gasteiger partial charge in [-0.15, -0.1) is 0 Å². The van der Waals surface area contributed by atoms with Gasteiger partial charge in [0.15, 0.2) is 0 Å². The Bertz CT molecular complexity index is 923. The summed E-state index contributed by atoms with van der Waals surface area (Å²) in [7, 11) is 1.61. The molecule has 1 atom stereocenters. The van der Waals surface area contributed by atoms with Gasteiger partial charge in [0.25, 0.3) is 0 Å². The number of carbonyl (C=O) groups excluding carboxylic acids is 2. The molecule has 1 unspecified atom stereocenters. The minimum absolute atomic E-state index is 0.168. The van der Waals surface area contributed by atoms with Gasteiger partial charge >= 0.3 is 0 Å². The van der Waals surface area contributed by atoms with Crippen LogP contribution in [-0.4, -0.2) is 74.0 Å². The molecule has 0 bridgehead atoms. The summed E-state index contributed by atoms with van der Waals surface area (Å²) in [5, 5.41) is 5.64. The Kier molecular flexibility index (Phi) is 10.1. The van der Waals surface area contributed by atoms with E-state index in [9.17, 15) is 9.59 Å². The summed E-state index contributed by atoms with van der Waals surface area (Å²) >= 11 is 0. The van der Waals surface area contributed by atoms with Crippen LogP contribution >= 0.6 is 0 Å². The number of ether oxygens (including phenoxy) is 1. The Morgan fingerprint density at radius 1 is 1.00 bits per heavy atom. The van der Waals surface area contributed by atoms with E-state index in [1.807, 2.05) is 24.3 Å². The van der Waals surface area contributed by atoms with Crippen LogP contribution in [0.15, 0.2) is 60.7 Å². The minimum atomic E-state index is -0.588. The summed E-state index contributed by atoms with van der Waals surface area (Å²) in [6.45, 7) is 8.49. The Morgan fingerprint density at radius 2 is 1.68 bits per heavy atom. The first-order valence-electron chi connectivity index (χ1n) is 11.9. The lowest BCUT2D eigenvalue weighted by Crippen LogP contribution is -2.47. The maximum Gasteiger partial charge on any atom is 0.244 e. The monoisotopic (exact) mass is 464 g/mol. The van der Waals surface area contributed by atoms with Crippen molar-refractivity contribution in [2.24, 2.45) is 0 Å². The van der Waals surface area contributed by atoms with Crippen LogP contribution in [0.2, 0.25) is 0 Å². The normalized spacial score (nSPS) is 15.7. The van der Waals surface area contributed by atoms with Crippen molar-refractivity contribution in [1.82, 2.24) is 20.4 Å². The zero-order valence-electron chi connectivity index (χ0n) is 20.2. The summed E-state index contributed by atoms with van der Waals surface area (Å²) in [5.74, 6) is 0.294. The molecule has 3 rings (SSSR count). The van der Waals surface area contributed by atoms with E-state index in [2.05, 4.69) is 50.8 Å². The van der Waals surface area contributed by atoms with Gasteiger partial charge in [-0.3, -0.25) is 14.5 Å². The molecular formula is C27H36N4O3. The summed E-state index contributed by atoms with van der Waals surface area (Å²) in [5.41, 5.74) is 2.24. The highest BCUT2D eigenvalue weighted by atomic mass is 16.5. The average Bonchev–Trinajstić information content (AvgIpc) is 2.87. The maximum absolute atomic E-state index is 12.3. The quantitative estimate of drug-likeness (QED) is 0.395. The molecule has 1 aliphatic rings. The molecule has 1 fully saturated rings. The van der Waals surface area contributed by atoms with E-state index in [0.717, 1.165) is 57.0 Å². The molecule has 0 radical (unpaired) electrons. The molecule has 0 spiro atoms. The summed E-state index contributed by atoms with van der Waals surface area (Å²) in [6, 6.07) is 17.4. The molecule has 0 saturated carbocycles. The molecule has 2 amide bonds. The van der Waals surface area contributed by atoms with Gasteiger partial charge in [0.05, 0.1) is 7.11 Å². The van der Waals surface area contributed by atoms with E-state index < -0.39 is 6.04 Å². The molecule has 182 valence electrons. The van der Waals surface area contributed by atoms with Crippen molar-refractivity contribution in [2.75, 3.05) is 46.4 Å². The number of piperazine rings is 1. The fourth-order valence-electron chi connectivity index (χ4n) is 3.89. The first-order chi connectivity index (χ1) is 16.5. The molecule has 1 heterocycles. The smallest absolute Gasteiger partial charge is 0.244 e. The van der Waals surface area contributed by atoms with Gasteiger partial charge in [-0.1, -0.05) is 42.5 Å². The van der Waals surface area contributed by atoms with Crippen molar-refractivity contribution in [3.05, 3.63) is 71.8 Å². The third-order valence-corrected chi connectivity index (χ3v) is 5.96. The molecule has 2 aromatic rings. The Hall–Kier alpha value is -3.16. The van der Waals surface area contributed by atoms with Crippen molar-refractivity contribution in [1.29, 1.82) is 0 Å². The zero-order chi connectivity index (χ0) is 24.2. The molecule has 7 nitrogen and oxygen atoms in total. The lowest BCUT2D eigenvalue weighted by atomic mass is 10.2. The van der Waals surface area contributed by atoms with Crippen molar-refractivity contribution >= 4 is 17.9 Å². The Labute approximate surface area is 202 Å². The van der Waals surface area contributed by atoms with Crippen LogP contribution in [0.1, 0.15) is 24.5 Å². The third kappa shape index (κ3) is 8.65. The van der Waals surface area contributed by atoms with E-state index in [-0.39, 0.29) is 11.8 Å². The van der Waals surface area contributed by atoms with Gasteiger partial charge in [-0.25, -0.2) is 0 Å². The third-order valence-electron chi connectivity index (χ3n) is 5.96. The largest absolute Gasteiger partial charge is 0.497 e. The lowest BCUT2D eigenvalue weighted by molar-refractivity contribution is -0.126. The topological polar surface area (TPSA) is 73.9 Å². The SMILES string of the molecule is COc1ccc(/C=C/C(=O)NC(C)C(=O)NCCCN2CCN(Cc3ccccc3)CC2)cc1. The summed E-state index contributed by atoms with van der Waals surface area (Å²) in [4.78, 5) is 29.4. The summed E-state index contributed by atoms with van der Waals surface area (Å²) < 4.78 is 5.12. The molecule has 34 heavy (non-hydrogen) atoms. The fourth-order valence-corrected chi connectivity index (χ4v) is 3.89. The van der Waals surface area contributed by atoms with E-state index in [4.69, 9.17) is 4.74 Å². The number of hydrogen-bond donors (Lipinski definition) is 2. The van der Waals surface area contributed by atoms with Crippen molar-refractivity contribution < 1.29 is 14.3 Å². The van der Waals surface area contributed by atoms with E-state index in [0.29, 0.717) is 6.54 Å². The second-order valence-corrected chi connectivity index (χ2v) is 8.58. The number of rotatable bonds is 11. The minimum Gasteiger partial charge on any atom is -0.497 e. The van der Waals surface area contributed by atoms with Crippen LogP contribution in [0, 0.1) is 0 Å². The van der Waals surface area contributed by atoms with Crippen LogP contribution in [0.25, 0.3) is 6.08 Å². The Balaban J connectivity index is 1.27. The van der Waals surface area contributed by atoms with Gasteiger partial charge in [0, 0.05) is 45.3 Å². The molecular weight excluding hydrogens is 428 g/mol. The molecule has 2 N–H and O–H groups in total. The van der Waals surface area contributed by atoms with Crippen LogP contribution in [0.5, 0.6) is 5.75 Å². The predicted octanol–water partition coefficient (Wildman–Crippen LogP) is 2.54. The number of carbonyl (C=O) groups is 2. The number of methoxy groups -OCH3 is 1. The highest BCUT2D eigenvalue weighted by Gasteiger charge is 2.17. The number of nitrogens with one attached hydrogen (secondary N) is 2. The van der Waals surface area contributed by atoms with Crippen molar-refractivity contribution in [3.8, 4) is 5.75 Å². The Morgan fingerprint density at radius 3 is 2.35 bits per heavy atom. The number of hydrogen-bond acceptors (Lipinski definition) is 5. The highest BCUT2D eigenvalue weighted by Crippen LogP contribution is 2.12. The zero-order valence-corrected chi connectivity index (χ0v) is 20.2. The van der Waals surface area contributed by atoms with Gasteiger partial charge < -0.3 is 20.3 Å². The lowest BCUT2D eigenvalue weighted by Gasteiger charge is -2.34. The number of nitrogens with zero attached hydrogens (tertiary/aromatic N) is 2. The second-order valence-electron chi connectivity index (χ2n) is 8.58. The highest BCUT2D eigenvalue weighted by molar-refractivity contribution is 5.95.